The molecule has 2 N–H and O–H groups in total. The fraction of sp³-hybridized carbons (Fsp3) is 1.00. The minimum atomic E-state index is -1.23. The molecule has 4 rings (SSSR count). The van der Waals surface area contributed by atoms with Crippen molar-refractivity contribution in [3.63, 3.8) is 0 Å². The number of nitrogens with zero attached hydrogens (tertiary/aromatic N) is 6. The molecule has 0 amide bonds. The zero-order valence-electron chi connectivity index (χ0n) is 15.2. The molecule has 4 fully saturated rings. The van der Waals surface area contributed by atoms with Gasteiger partial charge in [0.2, 0.25) is 0 Å². The fourth-order valence-corrected chi connectivity index (χ4v) is 4.75. The van der Waals surface area contributed by atoms with Gasteiger partial charge in [-0.15, -0.1) is 0 Å². The molecule has 0 bridgehead atoms. The van der Waals surface area contributed by atoms with Gasteiger partial charge in [0, 0.05) is 23.0 Å². The van der Waals surface area contributed by atoms with Gasteiger partial charge in [-0.25, -0.2) is 0 Å². The Morgan fingerprint density at radius 3 is 1.86 bits per heavy atom. The van der Waals surface area contributed by atoms with E-state index >= 15 is 0 Å². The zero-order valence-corrected chi connectivity index (χ0v) is 15.2. The third kappa shape index (κ3) is 3.42. The second-order valence-corrected chi connectivity index (χ2v) is 7.61. The molecule has 4 heterocycles. The average Bonchev–Trinajstić information content (AvgIpc) is 2.72. The molecule has 0 saturated carbocycles. The van der Waals surface area contributed by atoms with Gasteiger partial charge in [0.25, 0.3) is 0 Å². The first-order chi connectivity index (χ1) is 13.7. The average molecular weight is 396 g/mol. The highest BCUT2D eigenvalue weighted by molar-refractivity contribution is 5.07. The van der Waals surface area contributed by atoms with Crippen LogP contribution < -0.4 is 0 Å². The number of aliphatic hydroxyl groups is 2. The van der Waals surface area contributed by atoms with E-state index in [0.29, 0.717) is 26.1 Å². The standard InChI is InChI=1S/C16H24N6O6/c17-21-19-9-12(24)16(28-7-3-1-5-25-13(7)9)15-10(20-22-18)11(23)14-8(27-15)4-2-6-26-14/h7-16,23-24H,1-6H2/t7-,8-,9+,10+,11+,12+,13-,14-,15+,16-/m0/s1. The van der Waals surface area contributed by atoms with Gasteiger partial charge in [-0.1, -0.05) is 10.2 Å². The van der Waals surface area contributed by atoms with E-state index in [-0.39, 0.29) is 6.10 Å². The van der Waals surface area contributed by atoms with Gasteiger partial charge < -0.3 is 29.2 Å². The predicted octanol–water partition coefficient (Wildman–Crippen LogP) is 0.959. The Morgan fingerprint density at radius 1 is 0.714 bits per heavy atom. The molecule has 12 nitrogen and oxygen atoms in total. The van der Waals surface area contributed by atoms with Gasteiger partial charge in [-0.3, -0.25) is 0 Å². The number of fused-ring (bicyclic) bond motifs is 2. The minimum Gasteiger partial charge on any atom is -0.390 e. The first-order valence-corrected chi connectivity index (χ1v) is 9.64. The summed E-state index contributed by atoms with van der Waals surface area (Å²) in [5.74, 6) is 0. The van der Waals surface area contributed by atoms with E-state index in [4.69, 9.17) is 30.0 Å². The molecule has 0 aliphatic carbocycles. The van der Waals surface area contributed by atoms with E-state index in [2.05, 4.69) is 20.1 Å². The van der Waals surface area contributed by atoms with Crippen LogP contribution in [0.1, 0.15) is 25.7 Å². The molecule has 0 aromatic heterocycles. The first-order valence-electron chi connectivity index (χ1n) is 9.64. The summed E-state index contributed by atoms with van der Waals surface area (Å²) in [5.41, 5.74) is 18.0. The summed E-state index contributed by atoms with van der Waals surface area (Å²) in [5, 5.41) is 29.2. The summed E-state index contributed by atoms with van der Waals surface area (Å²) in [4.78, 5) is 5.69. The van der Waals surface area contributed by atoms with Crippen molar-refractivity contribution in [1.29, 1.82) is 0 Å². The number of azide groups is 2. The normalized spacial score (nSPS) is 48.4. The van der Waals surface area contributed by atoms with E-state index in [9.17, 15) is 10.2 Å². The summed E-state index contributed by atoms with van der Waals surface area (Å²) in [6.07, 6.45) is -3.17. The van der Waals surface area contributed by atoms with E-state index < -0.39 is 54.8 Å². The molecular formula is C16H24N6O6. The Balaban J connectivity index is 1.64. The second kappa shape index (κ2) is 8.40. The smallest absolute Gasteiger partial charge is 0.111 e. The van der Waals surface area contributed by atoms with Crippen molar-refractivity contribution in [2.75, 3.05) is 13.2 Å². The highest BCUT2D eigenvalue weighted by atomic mass is 16.6. The van der Waals surface area contributed by atoms with Crippen LogP contribution in [0.2, 0.25) is 0 Å². The SMILES string of the molecule is [N-]=[N+]=N[C@@H]1[C@@H](O)[C@H]2OCCC[C@@H]2O[C@H]1[C@H]1O[C@H]2CCCO[C@@H]2[C@H](N=[N+]=[N-])[C@H]1O. The monoisotopic (exact) mass is 396 g/mol. The quantitative estimate of drug-likeness (QED) is 0.408. The molecule has 10 atom stereocenters. The molecular weight excluding hydrogens is 372 g/mol. The summed E-state index contributed by atoms with van der Waals surface area (Å²) < 4.78 is 23.6. The van der Waals surface area contributed by atoms with E-state index in [0.717, 1.165) is 12.8 Å². The number of ether oxygens (including phenoxy) is 4. The number of rotatable bonds is 3. The zero-order chi connectivity index (χ0) is 19.7. The number of hydrogen-bond acceptors (Lipinski definition) is 8. The van der Waals surface area contributed by atoms with Crippen LogP contribution in [0.25, 0.3) is 20.9 Å². The van der Waals surface area contributed by atoms with E-state index in [1.165, 1.54) is 0 Å². The number of aliphatic hydroxyl groups excluding tert-OH is 2. The third-order valence-corrected chi connectivity index (χ3v) is 6.02. The maximum Gasteiger partial charge on any atom is 0.111 e. The topological polar surface area (TPSA) is 175 Å². The van der Waals surface area contributed by atoms with Gasteiger partial charge in [0.15, 0.2) is 0 Å². The number of hydrogen-bond donors (Lipinski definition) is 2. The largest absolute Gasteiger partial charge is 0.390 e. The van der Waals surface area contributed by atoms with Crippen molar-refractivity contribution < 1.29 is 29.2 Å². The van der Waals surface area contributed by atoms with Crippen molar-refractivity contribution in [1.82, 2.24) is 0 Å². The Morgan fingerprint density at radius 2 is 1.21 bits per heavy atom. The Bertz CT molecular complexity index is 670. The Kier molecular flexibility index (Phi) is 5.91. The van der Waals surface area contributed by atoms with Crippen molar-refractivity contribution in [2.24, 2.45) is 10.2 Å². The van der Waals surface area contributed by atoms with Crippen LogP contribution in [-0.2, 0) is 18.9 Å². The molecule has 28 heavy (non-hydrogen) atoms. The molecule has 0 aromatic carbocycles. The lowest BCUT2D eigenvalue weighted by molar-refractivity contribution is -0.280. The van der Waals surface area contributed by atoms with Crippen LogP contribution in [0.15, 0.2) is 10.2 Å². The van der Waals surface area contributed by atoms with Crippen molar-refractivity contribution in [2.45, 2.75) is 86.6 Å². The summed E-state index contributed by atoms with van der Waals surface area (Å²) in [6.45, 7) is 0.998. The maximum atomic E-state index is 10.9. The van der Waals surface area contributed by atoms with Crippen molar-refractivity contribution in [3.8, 4) is 0 Å². The van der Waals surface area contributed by atoms with Gasteiger partial charge in [0.05, 0.1) is 48.7 Å². The Labute approximate surface area is 161 Å². The van der Waals surface area contributed by atoms with Crippen LogP contribution in [0.4, 0.5) is 0 Å². The molecule has 4 aliphatic heterocycles. The van der Waals surface area contributed by atoms with Gasteiger partial charge in [-0.2, -0.15) is 0 Å². The lowest BCUT2D eigenvalue weighted by Crippen LogP contribution is -2.68. The molecule has 0 aromatic rings. The Hall–Kier alpha value is -1.62. The summed E-state index contributed by atoms with van der Waals surface area (Å²) >= 11 is 0. The molecule has 4 aliphatic rings. The van der Waals surface area contributed by atoms with Crippen LogP contribution >= 0.6 is 0 Å². The molecule has 0 spiro atoms. The fourth-order valence-electron chi connectivity index (χ4n) is 4.75. The lowest BCUT2D eigenvalue weighted by atomic mass is 9.82. The van der Waals surface area contributed by atoms with Crippen molar-refractivity contribution >= 4 is 0 Å². The van der Waals surface area contributed by atoms with E-state index in [1.54, 1.807) is 0 Å². The molecule has 0 radical (unpaired) electrons. The van der Waals surface area contributed by atoms with Crippen LogP contribution in [-0.4, -0.2) is 84.3 Å². The van der Waals surface area contributed by atoms with Gasteiger partial charge >= 0.3 is 0 Å². The van der Waals surface area contributed by atoms with Gasteiger partial charge in [0.1, 0.15) is 12.2 Å². The first kappa shape index (κ1) is 19.7. The van der Waals surface area contributed by atoms with Crippen LogP contribution in [0.3, 0.4) is 0 Å². The van der Waals surface area contributed by atoms with Crippen LogP contribution in [0.5, 0.6) is 0 Å². The van der Waals surface area contributed by atoms with E-state index in [1.807, 2.05) is 0 Å². The van der Waals surface area contributed by atoms with Gasteiger partial charge in [-0.05, 0) is 36.7 Å². The predicted molar refractivity (Wildman–Crippen MR) is 93.2 cm³/mol. The minimum absolute atomic E-state index is 0.384. The second-order valence-electron chi connectivity index (χ2n) is 7.61. The summed E-state index contributed by atoms with van der Waals surface area (Å²) in [7, 11) is 0. The molecule has 4 saturated heterocycles. The highest BCUT2D eigenvalue weighted by Gasteiger charge is 2.55. The maximum absolute atomic E-state index is 10.9. The lowest BCUT2D eigenvalue weighted by Gasteiger charge is -2.52. The molecule has 0 unspecified atom stereocenters. The molecule has 154 valence electrons. The highest BCUT2D eigenvalue weighted by Crippen LogP contribution is 2.39. The third-order valence-electron chi connectivity index (χ3n) is 6.02. The van der Waals surface area contributed by atoms with Crippen molar-refractivity contribution in [3.05, 3.63) is 20.9 Å². The van der Waals surface area contributed by atoms with Crippen LogP contribution in [0, 0.1) is 0 Å². The summed E-state index contributed by atoms with van der Waals surface area (Å²) in [6, 6.07) is -1.86. The molecule has 12 heteroatoms.